The molecule has 0 aliphatic carbocycles. The summed E-state index contributed by atoms with van der Waals surface area (Å²) in [6, 6.07) is 2.95. The fourth-order valence-corrected chi connectivity index (χ4v) is 3.41. The number of morpholine rings is 1. The van der Waals surface area contributed by atoms with Gasteiger partial charge in [-0.1, -0.05) is 0 Å². The van der Waals surface area contributed by atoms with E-state index in [1.165, 1.54) is 6.07 Å². The highest BCUT2D eigenvalue weighted by atomic mass is 16.5. The van der Waals surface area contributed by atoms with Gasteiger partial charge < -0.3 is 19.2 Å². The lowest BCUT2D eigenvalue weighted by Gasteiger charge is -2.28. The maximum absolute atomic E-state index is 12.9. The van der Waals surface area contributed by atoms with E-state index in [2.05, 4.69) is 10.1 Å². The molecule has 0 saturated carbocycles. The SMILES string of the molecule is Cc1cc(=O)c(O)c([C@@H](CC(=O)N2CCOCC2)c2cnn3cccnc23)o1. The van der Waals surface area contributed by atoms with E-state index in [0.29, 0.717) is 43.3 Å². The Morgan fingerprint density at radius 3 is 2.93 bits per heavy atom. The lowest BCUT2D eigenvalue weighted by Crippen LogP contribution is -2.41. The van der Waals surface area contributed by atoms with Crippen LogP contribution in [-0.4, -0.2) is 56.8 Å². The first-order chi connectivity index (χ1) is 13.5. The van der Waals surface area contributed by atoms with E-state index in [0.717, 1.165) is 0 Å². The van der Waals surface area contributed by atoms with Gasteiger partial charge in [0.1, 0.15) is 5.76 Å². The second kappa shape index (κ2) is 7.43. The molecule has 9 heteroatoms. The minimum Gasteiger partial charge on any atom is -0.502 e. The van der Waals surface area contributed by atoms with Crippen LogP contribution in [0.3, 0.4) is 0 Å². The molecule has 0 unspecified atom stereocenters. The molecule has 0 aromatic carbocycles. The quantitative estimate of drug-likeness (QED) is 0.716. The van der Waals surface area contributed by atoms with Crippen LogP contribution in [0, 0.1) is 6.92 Å². The number of ether oxygens (including phenoxy) is 1. The average molecular weight is 384 g/mol. The van der Waals surface area contributed by atoms with Crippen LogP contribution in [0.4, 0.5) is 0 Å². The highest BCUT2D eigenvalue weighted by Crippen LogP contribution is 2.35. The summed E-state index contributed by atoms with van der Waals surface area (Å²) < 4.78 is 12.6. The summed E-state index contributed by atoms with van der Waals surface area (Å²) in [6.45, 7) is 3.60. The Balaban J connectivity index is 1.79. The van der Waals surface area contributed by atoms with Crippen LogP contribution in [0.25, 0.3) is 5.65 Å². The predicted octanol–water partition coefficient (Wildman–Crippen LogP) is 1.08. The van der Waals surface area contributed by atoms with Gasteiger partial charge in [0, 0.05) is 43.5 Å². The fourth-order valence-electron chi connectivity index (χ4n) is 3.41. The molecule has 0 spiro atoms. The van der Waals surface area contributed by atoms with Crippen LogP contribution in [0.5, 0.6) is 5.75 Å². The molecule has 3 aromatic rings. The second-order valence-electron chi connectivity index (χ2n) is 6.67. The van der Waals surface area contributed by atoms with Crippen molar-refractivity contribution in [3.63, 3.8) is 0 Å². The van der Waals surface area contributed by atoms with Crippen molar-refractivity contribution in [2.24, 2.45) is 0 Å². The largest absolute Gasteiger partial charge is 0.502 e. The summed E-state index contributed by atoms with van der Waals surface area (Å²) in [5.74, 6) is -0.915. The zero-order valence-electron chi connectivity index (χ0n) is 15.4. The van der Waals surface area contributed by atoms with Gasteiger partial charge in [0.05, 0.1) is 25.3 Å². The Labute approximate surface area is 160 Å². The molecule has 146 valence electrons. The first kappa shape index (κ1) is 18.2. The topological polar surface area (TPSA) is 110 Å². The van der Waals surface area contributed by atoms with Gasteiger partial charge in [-0.3, -0.25) is 9.59 Å². The van der Waals surface area contributed by atoms with Gasteiger partial charge >= 0.3 is 0 Å². The van der Waals surface area contributed by atoms with Gasteiger partial charge in [0.15, 0.2) is 11.4 Å². The van der Waals surface area contributed by atoms with Crippen molar-refractivity contribution in [1.82, 2.24) is 19.5 Å². The van der Waals surface area contributed by atoms with Crippen LogP contribution >= 0.6 is 0 Å². The molecule has 1 amide bonds. The van der Waals surface area contributed by atoms with Crippen LogP contribution in [-0.2, 0) is 9.53 Å². The van der Waals surface area contributed by atoms with Crippen molar-refractivity contribution in [3.05, 3.63) is 58.0 Å². The average Bonchev–Trinajstić information content (AvgIpc) is 3.13. The maximum Gasteiger partial charge on any atom is 0.227 e. The van der Waals surface area contributed by atoms with Crippen molar-refractivity contribution in [2.45, 2.75) is 19.3 Å². The number of hydrogen-bond acceptors (Lipinski definition) is 7. The number of rotatable bonds is 4. The molecule has 4 rings (SSSR count). The number of carbonyl (C=O) groups excluding carboxylic acids is 1. The number of nitrogens with zero attached hydrogens (tertiary/aromatic N) is 4. The number of amides is 1. The zero-order valence-corrected chi connectivity index (χ0v) is 15.4. The first-order valence-corrected chi connectivity index (χ1v) is 9.02. The van der Waals surface area contributed by atoms with E-state index in [1.54, 1.807) is 41.0 Å². The van der Waals surface area contributed by atoms with Crippen molar-refractivity contribution >= 4 is 11.6 Å². The van der Waals surface area contributed by atoms with Gasteiger partial charge in [0.25, 0.3) is 0 Å². The Kier molecular flexibility index (Phi) is 4.82. The monoisotopic (exact) mass is 384 g/mol. The van der Waals surface area contributed by atoms with Crippen LogP contribution in [0.1, 0.15) is 29.4 Å². The molecule has 9 nitrogen and oxygen atoms in total. The van der Waals surface area contributed by atoms with Gasteiger partial charge in [-0.05, 0) is 13.0 Å². The Bertz CT molecular complexity index is 1070. The molecule has 0 bridgehead atoms. The van der Waals surface area contributed by atoms with Gasteiger partial charge in [-0.15, -0.1) is 0 Å². The summed E-state index contributed by atoms with van der Waals surface area (Å²) in [7, 11) is 0. The molecule has 4 heterocycles. The molecule has 28 heavy (non-hydrogen) atoms. The van der Waals surface area contributed by atoms with Crippen LogP contribution < -0.4 is 5.43 Å². The third-order valence-electron chi connectivity index (χ3n) is 4.81. The van der Waals surface area contributed by atoms with Crippen molar-refractivity contribution in [3.8, 4) is 5.75 Å². The molecule has 1 aliphatic rings. The zero-order chi connectivity index (χ0) is 19.7. The van der Waals surface area contributed by atoms with Crippen molar-refractivity contribution in [1.29, 1.82) is 0 Å². The number of aromatic hydroxyl groups is 1. The van der Waals surface area contributed by atoms with E-state index >= 15 is 0 Å². The van der Waals surface area contributed by atoms with E-state index in [-0.39, 0.29) is 18.1 Å². The van der Waals surface area contributed by atoms with E-state index < -0.39 is 17.1 Å². The first-order valence-electron chi connectivity index (χ1n) is 9.02. The van der Waals surface area contributed by atoms with Crippen molar-refractivity contribution < 1.29 is 19.1 Å². The summed E-state index contributed by atoms with van der Waals surface area (Å²) in [5.41, 5.74) is 0.587. The Morgan fingerprint density at radius 1 is 1.36 bits per heavy atom. The smallest absolute Gasteiger partial charge is 0.227 e. The molecule has 0 radical (unpaired) electrons. The lowest BCUT2D eigenvalue weighted by molar-refractivity contribution is -0.135. The minimum atomic E-state index is -0.699. The van der Waals surface area contributed by atoms with E-state index in [1.807, 2.05) is 0 Å². The second-order valence-corrected chi connectivity index (χ2v) is 6.67. The fraction of sp³-hybridized carbons (Fsp3) is 0.368. The molecule has 1 saturated heterocycles. The number of fused-ring (bicyclic) bond motifs is 1. The minimum absolute atomic E-state index is 0.0118. The van der Waals surface area contributed by atoms with Gasteiger partial charge in [-0.25, -0.2) is 9.50 Å². The number of carbonyl (C=O) groups is 1. The van der Waals surface area contributed by atoms with E-state index in [9.17, 15) is 14.7 Å². The highest BCUT2D eigenvalue weighted by Gasteiger charge is 2.31. The number of aromatic nitrogens is 3. The molecule has 1 atom stereocenters. The summed E-state index contributed by atoms with van der Waals surface area (Å²) in [5, 5.41) is 14.7. The molecular weight excluding hydrogens is 364 g/mol. The Morgan fingerprint density at radius 2 is 2.14 bits per heavy atom. The summed E-state index contributed by atoms with van der Waals surface area (Å²) in [6.07, 6.45) is 4.95. The third-order valence-corrected chi connectivity index (χ3v) is 4.81. The molecule has 1 fully saturated rings. The maximum atomic E-state index is 12.9. The van der Waals surface area contributed by atoms with Crippen molar-refractivity contribution in [2.75, 3.05) is 26.3 Å². The van der Waals surface area contributed by atoms with Crippen LogP contribution in [0.15, 0.2) is 39.9 Å². The van der Waals surface area contributed by atoms with Gasteiger partial charge in [-0.2, -0.15) is 5.10 Å². The summed E-state index contributed by atoms with van der Waals surface area (Å²) >= 11 is 0. The molecule has 1 aliphatic heterocycles. The molecule has 3 aromatic heterocycles. The summed E-state index contributed by atoms with van der Waals surface area (Å²) in [4.78, 5) is 31.1. The Hall–Kier alpha value is -3.20. The number of aryl methyl sites for hydroxylation is 1. The standard InChI is InChI=1S/C19H20N4O5/c1-12-9-15(24)17(26)18(28-12)13(10-16(25)22-5-7-27-8-6-22)14-11-21-23-4-2-3-20-19(14)23/h2-4,9,11,13,26H,5-8,10H2,1H3/t13-/m0/s1. The predicted molar refractivity (Wildman–Crippen MR) is 98.2 cm³/mol. The third kappa shape index (κ3) is 3.36. The normalized spacial score (nSPS) is 15.7. The van der Waals surface area contributed by atoms with Crippen LogP contribution in [0.2, 0.25) is 0 Å². The van der Waals surface area contributed by atoms with E-state index in [4.69, 9.17) is 9.15 Å². The lowest BCUT2D eigenvalue weighted by atomic mass is 9.93. The number of hydrogen-bond donors (Lipinski definition) is 1. The molecular formula is C19H20N4O5. The molecule has 1 N–H and O–H groups in total. The van der Waals surface area contributed by atoms with Gasteiger partial charge in [0.2, 0.25) is 17.1 Å². The highest BCUT2D eigenvalue weighted by molar-refractivity contribution is 5.78.